The summed E-state index contributed by atoms with van der Waals surface area (Å²) in [6, 6.07) is 9.99. The van der Waals surface area contributed by atoms with Crippen LogP contribution in [0.5, 0.6) is 0 Å². The maximum Gasteiger partial charge on any atom is 0.0954 e. The Morgan fingerprint density at radius 1 is 1.40 bits per heavy atom. The van der Waals surface area contributed by atoms with Gasteiger partial charge in [0.1, 0.15) is 0 Å². The third-order valence-electron chi connectivity index (χ3n) is 2.39. The highest BCUT2D eigenvalue weighted by Gasteiger charge is 2.10. The summed E-state index contributed by atoms with van der Waals surface area (Å²) < 4.78 is 0. The molecule has 0 saturated carbocycles. The van der Waals surface area contributed by atoms with Crippen molar-refractivity contribution in [2.45, 2.75) is 32.4 Å². The van der Waals surface area contributed by atoms with Crippen LogP contribution in [0.3, 0.4) is 0 Å². The molecule has 2 nitrogen and oxygen atoms in total. The van der Waals surface area contributed by atoms with Gasteiger partial charge in [-0.25, -0.2) is 0 Å². The Labute approximate surface area is 95.9 Å². The molecule has 0 spiro atoms. The molecule has 0 fully saturated rings. The maximum absolute atomic E-state index is 8.83. The van der Waals surface area contributed by atoms with Gasteiger partial charge in [-0.2, -0.15) is 5.26 Å². The molecule has 0 aliphatic carbocycles. The molecule has 3 heteroatoms. The monoisotopic (exact) mass is 222 g/mol. The van der Waals surface area contributed by atoms with E-state index in [1.807, 2.05) is 38.1 Å². The van der Waals surface area contributed by atoms with Crippen LogP contribution in [0.4, 0.5) is 0 Å². The average Bonchev–Trinajstić information content (AvgIpc) is 2.26. The van der Waals surface area contributed by atoms with Gasteiger partial charge in [0, 0.05) is 11.1 Å². The topological polar surface area (TPSA) is 35.8 Å². The lowest BCUT2D eigenvalue weighted by atomic mass is 10.1. The van der Waals surface area contributed by atoms with Crippen molar-refractivity contribution in [2.24, 2.45) is 0 Å². The predicted octanol–water partition coefficient (Wildman–Crippen LogP) is 3.29. The second-order valence-corrected chi connectivity index (χ2v) is 3.97. The van der Waals surface area contributed by atoms with Crippen LogP contribution in [0.2, 0.25) is 5.02 Å². The Morgan fingerprint density at radius 2 is 2.00 bits per heavy atom. The molecule has 2 atom stereocenters. The molecule has 0 radical (unpaired) electrons. The van der Waals surface area contributed by atoms with Crippen molar-refractivity contribution < 1.29 is 0 Å². The van der Waals surface area contributed by atoms with Crippen LogP contribution >= 0.6 is 11.6 Å². The summed E-state index contributed by atoms with van der Waals surface area (Å²) in [7, 11) is 0. The highest BCUT2D eigenvalue weighted by atomic mass is 35.5. The van der Waals surface area contributed by atoms with Crippen LogP contribution in [-0.4, -0.2) is 6.04 Å². The molecule has 0 aromatic heterocycles. The number of hydrogen-bond donors (Lipinski definition) is 1. The Kier molecular flexibility index (Phi) is 4.61. The summed E-state index contributed by atoms with van der Waals surface area (Å²) in [6.07, 6.45) is 0.814. The summed E-state index contributed by atoms with van der Waals surface area (Å²) in [6.45, 7) is 4.04. The van der Waals surface area contributed by atoms with E-state index in [2.05, 4.69) is 11.4 Å². The van der Waals surface area contributed by atoms with E-state index in [-0.39, 0.29) is 12.1 Å². The minimum Gasteiger partial charge on any atom is -0.295 e. The lowest BCUT2D eigenvalue weighted by molar-refractivity contribution is 0.508. The first kappa shape index (κ1) is 12.0. The zero-order valence-electron chi connectivity index (χ0n) is 9.00. The third kappa shape index (κ3) is 3.54. The molecule has 0 saturated heterocycles. The first-order valence-corrected chi connectivity index (χ1v) is 5.46. The first-order chi connectivity index (χ1) is 7.17. The molecule has 15 heavy (non-hydrogen) atoms. The van der Waals surface area contributed by atoms with E-state index in [1.54, 1.807) is 0 Å². The van der Waals surface area contributed by atoms with E-state index in [9.17, 15) is 0 Å². The van der Waals surface area contributed by atoms with Crippen LogP contribution in [0.1, 0.15) is 31.9 Å². The van der Waals surface area contributed by atoms with Crippen LogP contribution in [0.15, 0.2) is 24.3 Å². The number of hydrogen-bond acceptors (Lipinski definition) is 2. The van der Waals surface area contributed by atoms with Gasteiger partial charge in [0.2, 0.25) is 0 Å². The second-order valence-electron chi connectivity index (χ2n) is 3.53. The van der Waals surface area contributed by atoms with Gasteiger partial charge in [0.15, 0.2) is 0 Å². The average molecular weight is 223 g/mol. The fraction of sp³-hybridized carbons (Fsp3) is 0.417. The van der Waals surface area contributed by atoms with Crippen molar-refractivity contribution in [3.63, 3.8) is 0 Å². The summed E-state index contributed by atoms with van der Waals surface area (Å²) in [5, 5.41) is 12.8. The fourth-order valence-electron chi connectivity index (χ4n) is 1.40. The van der Waals surface area contributed by atoms with Crippen molar-refractivity contribution in [3.05, 3.63) is 34.9 Å². The van der Waals surface area contributed by atoms with Gasteiger partial charge in [-0.3, -0.25) is 5.32 Å². The van der Waals surface area contributed by atoms with Crippen LogP contribution < -0.4 is 5.32 Å². The molecular weight excluding hydrogens is 208 g/mol. The zero-order chi connectivity index (χ0) is 11.3. The highest BCUT2D eigenvalue weighted by molar-refractivity contribution is 6.30. The largest absolute Gasteiger partial charge is 0.295 e. The van der Waals surface area contributed by atoms with Crippen LogP contribution in [0, 0.1) is 11.3 Å². The van der Waals surface area contributed by atoms with Gasteiger partial charge < -0.3 is 0 Å². The Balaban J connectivity index is 2.65. The Hall–Kier alpha value is -1.04. The van der Waals surface area contributed by atoms with E-state index < -0.39 is 0 Å². The van der Waals surface area contributed by atoms with Crippen molar-refractivity contribution in [1.82, 2.24) is 5.32 Å². The molecule has 0 aliphatic heterocycles. The van der Waals surface area contributed by atoms with Gasteiger partial charge in [0.25, 0.3) is 0 Å². The molecule has 0 heterocycles. The molecular formula is C12H15ClN2. The standard InChI is InChI=1S/C12H15ClN2/c1-3-12(8-14)15-9(2)10-4-6-11(13)7-5-10/h4-7,9,12,15H,3H2,1-2H3/t9-,12?/m1/s1. The Morgan fingerprint density at radius 3 is 2.47 bits per heavy atom. The van der Waals surface area contributed by atoms with Crippen LogP contribution in [-0.2, 0) is 0 Å². The van der Waals surface area contributed by atoms with Gasteiger partial charge in [-0.15, -0.1) is 0 Å². The number of benzene rings is 1. The third-order valence-corrected chi connectivity index (χ3v) is 2.64. The predicted molar refractivity (Wildman–Crippen MR) is 62.7 cm³/mol. The molecule has 0 bridgehead atoms. The van der Waals surface area contributed by atoms with E-state index in [0.29, 0.717) is 0 Å². The lowest BCUT2D eigenvalue weighted by Crippen LogP contribution is -2.29. The maximum atomic E-state index is 8.83. The molecule has 1 unspecified atom stereocenters. The quantitative estimate of drug-likeness (QED) is 0.849. The first-order valence-electron chi connectivity index (χ1n) is 5.08. The molecule has 1 aromatic rings. The summed E-state index contributed by atoms with van der Waals surface area (Å²) >= 11 is 5.80. The SMILES string of the molecule is CCC(C#N)N[C@H](C)c1ccc(Cl)cc1. The van der Waals surface area contributed by atoms with Crippen molar-refractivity contribution >= 4 is 11.6 Å². The van der Waals surface area contributed by atoms with Gasteiger partial charge in [-0.1, -0.05) is 30.7 Å². The molecule has 80 valence electrons. The number of halogens is 1. The number of nitrogens with one attached hydrogen (secondary N) is 1. The normalized spacial score (nSPS) is 14.3. The number of nitriles is 1. The van der Waals surface area contributed by atoms with Gasteiger partial charge in [-0.05, 0) is 31.0 Å². The van der Waals surface area contributed by atoms with E-state index in [1.165, 1.54) is 0 Å². The molecule has 1 aromatic carbocycles. The van der Waals surface area contributed by atoms with Gasteiger partial charge >= 0.3 is 0 Å². The molecule has 0 amide bonds. The smallest absolute Gasteiger partial charge is 0.0954 e. The molecule has 1 rings (SSSR count). The number of rotatable bonds is 4. The zero-order valence-corrected chi connectivity index (χ0v) is 9.75. The van der Waals surface area contributed by atoms with Crippen molar-refractivity contribution in [3.8, 4) is 6.07 Å². The summed E-state index contributed by atoms with van der Waals surface area (Å²) in [4.78, 5) is 0. The Bertz CT molecular complexity index is 340. The lowest BCUT2D eigenvalue weighted by Gasteiger charge is -2.17. The minimum atomic E-state index is -0.0873. The van der Waals surface area contributed by atoms with E-state index in [0.717, 1.165) is 17.0 Å². The fourth-order valence-corrected chi connectivity index (χ4v) is 1.52. The summed E-state index contributed by atoms with van der Waals surface area (Å²) in [5.41, 5.74) is 1.15. The molecule has 1 N–H and O–H groups in total. The second kappa shape index (κ2) is 5.75. The number of nitrogens with zero attached hydrogens (tertiary/aromatic N) is 1. The van der Waals surface area contributed by atoms with E-state index >= 15 is 0 Å². The van der Waals surface area contributed by atoms with Crippen molar-refractivity contribution in [1.29, 1.82) is 5.26 Å². The van der Waals surface area contributed by atoms with E-state index in [4.69, 9.17) is 16.9 Å². The highest BCUT2D eigenvalue weighted by Crippen LogP contribution is 2.16. The minimum absolute atomic E-state index is 0.0873. The van der Waals surface area contributed by atoms with Crippen LogP contribution in [0.25, 0.3) is 0 Å². The van der Waals surface area contributed by atoms with Gasteiger partial charge in [0.05, 0.1) is 12.1 Å². The van der Waals surface area contributed by atoms with Crippen molar-refractivity contribution in [2.75, 3.05) is 0 Å². The summed E-state index contributed by atoms with van der Waals surface area (Å²) in [5.74, 6) is 0. The molecule has 0 aliphatic rings.